The number of anilines is 3. The fourth-order valence-electron chi connectivity index (χ4n) is 4.56. The SMILES string of the molecule is C[C@]1(CO)CN([B]C=O)c2c(C#N)cc(-c3ccnc(Nc4cccnc4O[C@H]4CCOC4)n3)cc21. The van der Waals surface area contributed by atoms with Crippen LogP contribution in [0.25, 0.3) is 11.3 Å². The van der Waals surface area contributed by atoms with E-state index in [9.17, 15) is 15.2 Å². The molecule has 2 aliphatic rings. The number of hydrogen-bond donors (Lipinski definition) is 2. The molecule has 181 valence electrons. The quantitative estimate of drug-likeness (QED) is 0.363. The van der Waals surface area contributed by atoms with E-state index in [1.54, 1.807) is 35.4 Å². The van der Waals surface area contributed by atoms with Gasteiger partial charge in [0.1, 0.15) is 24.0 Å². The van der Waals surface area contributed by atoms with E-state index in [4.69, 9.17) is 9.47 Å². The predicted octanol–water partition coefficient (Wildman–Crippen LogP) is 2.20. The van der Waals surface area contributed by atoms with Crippen LogP contribution in [0.2, 0.25) is 0 Å². The van der Waals surface area contributed by atoms with E-state index in [2.05, 4.69) is 26.3 Å². The number of nitrogens with zero attached hydrogens (tertiary/aromatic N) is 5. The number of aromatic nitrogens is 3. The Morgan fingerprint density at radius 1 is 1.39 bits per heavy atom. The summed E-state index contributed by atoms with van der Waals surface area (Å²) in [5.74, 6) is 0.782. The van der Waals surface area contributed by atoms with Gasteiger partial charge in [-0.2, -0.15) is 5.26 Å². The summed E-state index contributed by atoms with van der Waals surface area (Å²) < 4.78 is 11.4. The second-order valence-electron chi connectivity index (χ2n) is 9.01. The highest BCUT2D eigenvalue weighted by atomic mass is 16.5. The third-order valence-corrected chi connectivity index (χ3v) is 6.41. The molecule has 2 aliphatic heterocycles. The molecule has 0 amide bonds. The molecule has 2 aromatic heterocycles. The minimum absolute atomic E-state index is 0.0552. The second-order valence-corrected chi connectivity index (χ2v) is 9.01. The van der Waals surface area contributed by atoms with Crippen LogP contribution >= 0.6 is 0 Å². The van der Waals surface area contributed by atoms with Gasteiger partial charge in [0.2, 0.25) is 11.8 Å². The van der Waals surface area contributed by atoms with Crippen molar-refractivity contribution in [2.45, 2.75) is 24.9 Å². The third-order valence-electron chi connectivity index (χ3n) is 6.41. The van der Waals surface area contributed by atoms with Gasteiger partial charge in [-0.1, -0.05) is 6.92 Å². The number of pyridine rings is 1. The molecule has 3 aromatic rings. The number of carbonyl (C=O) groups is 1. The van der Waals surface area contributed by atoms with Gasteiger partial charge < -0.3 is 29.5 Å². The molecule has 36 heavy (non-hydrogen) atoms. The number of nitrogens with one attached hydrogen (secondary N) is 1. The first kappa shape index (κ1) is 23.7. The highest BCUT2D eigenvalue weighted by molar-refractivity contribution is 6.70. The first-order valence-electron chi connectivity index (χ1n) is 11.6. The molecule has 2 N–H and O–H groups in total. The molecular weight excluding hydrogens is 459 g/mol. The third kappa shape index (κ3) is 4.48. The van der Waals surface area contributed by atoms with Crippen molar-refractivity contribution in [2.75, 3.05) is 36.5 Å². The monoisotopic (exact) mass is 483 g/mol. The molecule has 0 bridgehead atoms. The topological polar surface area (TPSA) is 133 Å². The van der Waals surface area contributed by atoms with Crippen molar-refractivity contribution in [1.29, 1.82) is 5.26 Å². The minimum Gasteiger partial charge on any atom is -0.470 e. The average Bonchev–Trinajstić information content (AvgIpc) is 3.51. The standard InChI is InChI=1S/C25H24BN6O4/c1-25(14-33)13-32(26-15-34)22-17(11-27)9-16(10-19(22)25)20-4-7-29-24(30-20)31-21-3-2-6-28-23(21)36-18-5-8-35-12-18/h2-4,6-7,9-10,15,18,33H,5,8,12-14H2,1H3,(H,29,30,31)/t18-,25+/m0/s1. The summed E-state index contributed by atoms with van der Waals surface area (Å²) >= 11 is 0. The number of rotatable bonds is 8. The average molecular weight is 483 g/mol. The number of benzene rings is 1. The van der Waals surface area contributed by atoms with E-state index in [0.717, 1.165) is 12.0 Å². The Morgan fingerprint density at radius 2 is 2.28 bits per heavy atom. The Morgan fingerprint density at radius 3 is 3.03 bits per heavy atom. The highest BCUT2D eigenvalue weighted by Gasteiger charge is 2.40. The number of nitriles is 1. The molecule has 1 aromatic carbocycles. The first-order chi connectivity index (χ1) is 17.5. The molecule has 5 rings (SSSR count). The zero-order chi connectivity index (χ0) is 25.1. The zero-order valence-corrected chi connectivity index (χ0v) is 19.7. The second kappa shape index (κ2) is 9.93. The van der Waals surface area contributed by atoms with E-state index >= 15 is 0 Å². The number of carbonyl (C=O) groups excluding carboxylic acids is 1. The molecule has 11 heteroatoms. The van der Waals surface area contributed by atoms with E-state index in [1.807, 2.05) is 19.1 Å². The molecule has 1 radical (unpaired) electrons. The van der Waals surface area contributed by atoms with Crippen LogP contribution < -0.4 is 14.9 Å². The van der Waals surface area contributed by atoms with Crippen LogP contribution in [-0.4, -0.2) is 66.1 Å². The maximum absolute atomic E-state index is 11.2. The largest absolute Gasteiger partial charge is 0.470 e. The lowest BCUT2D eigenvalue weighted by molar-refractivity contribution is 0.138. The van der Waals surface area contributed by atoms with E-state index in [1.165, 1.54) is 7.41 Å². The van der Waals surface area contributed by atoms with Crippen LogP contribution in [-0.2, 0) is 14.9 Å². The molecular formula is C25H24BN6O4. The molecule has 10 nitrogen and oxygen atoms in total. The first-order valence-corrected chi connectivity index (χ1v) is 11.6. The van der Waals surface area contributed by atoms with Gasteiger partial charge in [0.05, 0.1) is 31.1 Å². The van der Waals surface area contributed by atoms with Crippen molar-refractivity contribution >= 4 is 30.9 Å². The lowest BCUT2D eigenvalue weighted by atomic mass is 9.83. The van der Waals surface area contributed by atoms with Gasteiger partial charge in [0.25, 0.3) is 0 Å². The van der Waals surface area contributed by atoms with E-state index in [-0.39, 0.29) is 12.7 Å². The van der Waals surface area contributed by atoms with Gasteiger partial charge in [0.15, 0.2) is 0 Å². The Bertz CT molecular complexity index is 1330. The maximum Gasteiger partial charge on any atom is 0.329 e. The molecule has 1 saturated heterocycles. The summed E-state index contributed by atoms with van der Waals surface area (Å²) in [6.07, 6.45) is 4.71. The molecule has 0 spiro atoms. The van der Waals surface area contributed by atoms with Crippen LogP contribution in [0.5, 0.6) is 5.88 Å². The van der Waals surface area contributed by atoms with Crippen LogP contribution in [0.15, 0.2) is 42.7 Å². The van der Waals surface area contributed by atoms with Gasteiger partial charge in [-0.05, 0) is 35.9 Å². The van der Waals surface area contributed by atoms with Crippen molar-refractivity contribution in [2.24, 2.45) is 0 Å². The van der Waals surface area contributed by atoms with Gasteiger partial charge >= 0.3 is 7.41 Å². The Balaban J connectivity index is 1.48. The molecule has 0 saturated carbocycles. The lowest BCUT2D eigenvalue weighted by Gasteiger charge is -2.23. The normalized spacial score (nSPS) is 20.5. The Labute approximate surface area is 209 Å². The van der Waals surface area contributed by atoms with Crippen molar-refractivity contribution < 1.29 is 19.4 Å². The van der Waals surface area contributed by atoms with E-state index in [0.29, 0.717) is 66.0 Å². The summed E-state index contributed by atoms with van der Waals surface area (Å²) in [5, 5.41) is 23.2. The fraction of sp³-hybridized carbons (Fsp3) is 0.320. The molecule has 0 aliphatic carbocycles. The van der Waals surface area contributed by atoms with Crippen LogP contribution in [0.1, 0.15) is 24.5 Å². The number of ether oxygens (including phenoxy) is 2. The molecule has 2 atom stereocenters. The minimum atomic E-state index is -0.642. The molecule has 4 heterocycles. The summed E-state index contributed by atoms with van der Waals surface area (Å²) in [7, 11) is 1.39. The van der Waals surface area contributed by atoms with Crippen molar-refractivity contribution in [3.05, 3.63) is 53.9 Å². The summed E-state index contributed by atoms with van der Waals surface area (Å²) in [5.41, 5.74) is 3.09. The van der Waals surface area contributed by atoms with Gasteiger partial charge in [0, 0.05) is 42.0 Å². The van der Waals surface area contributed by atoms with Gasteiger partial charge in [-0.25, -0.2) is 15.0 Å². The summed E-state index contributed by atoms with van der Waals surface area (Å²) in [6.45, 7) is 3.35. The van der Waals surface area contributed by atoms with Crippen LogP contribution in [0, 0.1) is 11.3 Å². The van der Waals surface area contributed by atoms with Gasteiger partial charge in [-0.3, -0.25) is 0 Å². The highest BCUT2D eigenvalue weighted by Crippen LogP contribution is 2.44. The maximum atomic E-state index is 11.2. The van der Waals surface area contributed by atoms with Crippen molar-refractivity contribution in [1.82, 2.24) is 15.0 Å². The van der Waals surface area contributed by atoms with Crippen molar-refractivity contribution in [3.8, 4) is 23.2 Å². The number of fused-ring (bicyclic) bond motifs is 1. The zero-order valence-electron chi connectivity index (χ0n) is 19.7. The smallest absolute Gasteiger partial charge is 0.329 e. The van der Waals surface area contributed by atoms with Crippen molar-refractivity contribution in [3.63, 3.8) is 0 Å². The summed E-state index contributed by atoms with van der Waals surface area (Å²) in [6, 6.07) is 11.3. The molecule has 0 unspecified atom stereocenters. The number of aliphatic hydroxyl groups is 1. The molecule has 1 fully saturated rings. The van der Waals surface area contributed by atoms with Crippen LogP contribution in [0.3, 0.4) is 0 Å². The number of aliphatic hydroxyl groups excluding tert-OH is 1. The Hall–Kier alpha value is -4.01. The number of hydrogen-bond acceptors (Lipinski definition) is 10. The van der Waals surface area contributed by atoms with Gasteiger partial charge in [-0.15, -0.1) is 0 Å². The fourth-order valence-corrected chi connectivity index (χ4v) is 4.56. The Kier molecular flexibility index (Phi) is 6.54. The lowest BCUT2D eigenvalue weighted by Crippen LogP contribution is -2.36. The van der Waals surface area contributed by atoms with E-state index < -0.39 is 5.41 Å². The summed E-state index contributed by atoms with van der Waals surface area (Å²) in [4.78, 5) is 26.2. The van der Waals surface area contributed by atoms with Crippen LogP contribution in [0.4, 0.5) is 17.3 Å². The predicted molar refractivity (Wildman–Crippen MR) is 134 cm³/mol.